The zero-order valence-corrected chi connectivity index (χ0v) is 15.5. The molecular weight excluding hydrogens is 362 g/mol. The summed E-state index contributed by atoms with van der Waals surface area (Å²) in [5, 5.41) is 3.98. The second-order valence-corrected chi connectivity index (χ2v) is 6.30. The largest absolute Gasteiger partial charge is 0.497 e. The Morgan fingerprint density at radius 3 is 2.86 bits per heavy atom. The standard InChI is InChI=1S/C20H19N3O5/c1-23(20(24)17-12-26-15-8-3-4-9-16(15)27-17)11-18-21-19(22-28-18)13-6-5-7-14(10-13)25-2/h3-10,17H,11-12H2,1-2H3/t17-/m0/s1. The van der Waals surface area contributed by atoms with E-state index in [1.54, 1.807) is 26.3 Å². The second-order valence-electron chi connectivity index (χ2n) is 6.30. The lowest BCUT2D eigenvalue weighted by Crippen LogP contribution is -2.44. The maximum absolute atomic E-state index is 12.7. The molecule has 0 aliphatic carbocycles. The third kappa shape index (κ3) is 3.62. The Balaban J connectivity index is 1.42. The van der Waals surface area contributed by atoms with Crippen LogP contribution in [0.25, 0.3) is 11.4 Å². The molecule has 0 fully saturated rings. The van der Waals surface area contributed by atoms with Crippen molar-refractivity contribution in [1.29, 1.82) is 0 Å². The van der Waals surface area contributed by atoms with Crippen molar-refractivity contribution in [2.24, 2.45) is 0 Å². The molecule has 1 amide bonds. The van der Waals surface area contributed by atoms with Crippen LogP contribution in [-0.2, 0) is 11.3 Å². The molecule has 28 heavy (non-hydrogen) atoms. The van der Waals surface area contributed by atoms with Crippen LogP contribution in [0.1, 0.15) is 5.89 Å². The highest BCUT2D eigenvalue weighted by molar-refractivity contribution is 5.81. The predicted molar refractivity (Wildman–Crippen MR) is 99.1 cm³/mol. The monoisotopic (exact) mass is 381 g/mol. The quantitative estimate of drug-likeness (QED) is 0.671. The van der Waals surface area contributed by atoms with Gasteiger partial charge in [-0.15, -0.1) is 0 Å². The first-order valence-electron chi connectivity index (χ1n) is 8.74. The molecule has 0 radical (unpaired) electrons. The van der Waals surface area contributed by atoms with E-state index in [2.05, 4.69) is 10.1 Å². The maximum atomic E-state index is 12.7. The van der Waals surface area contributed by atoms with Crippen LogP contribution in [0.15, 0.2) is 53.1 Å². The summed E-state index contributed by atoms with van der Waals surface area (Å²) < 4.78 is 21.9. The van der Waals surface area contributed by atoms with Crippen LogP contribution < -0.4 is 14.2 Å². The van der Waals surface area contributed by atoms with Crippen molar-refractivity contribution in [1.82, 2.24) is 15.0 Å². The lowest BCUT2D eigenvalue weighted by atomic mass is 10.2. The summed E-state index contributed by atoms with van der Waals surface area (Å²) in [7, 11) is 3.25. The Morgan fingerprint density at radius 2 is 2.04 bits per heavy atom. The molecule has 0 saturated heterocycles. The van der Waals surface area contributed by atoms with E-state index in [1.807, 2.05) is 36.4 Å². The van der Waals surface area contributed by atoms with Crippen molar-refractivity contribution >= 4 is 5.91 Å². The molecule has 2 heterocycles. The number of methoxy groups -OCH3 is 1. The molecule has 144 valence electrons. The van der Waals surface area contributed by atoms with Crippen LogP contribution in [-0.4, -0.2) is 47.8 Å². The molecule has 0 bridgehead atoms. The fourth-order valence-corrected chi connectivity index (χ4v) is 2.87. The number of ether oxygens (including phenoxy) is 3. The Hall–Kier alpha value is -3.55. The molecule has 1 aliphatic heterocycles. The molecular formula is C20H19N3O5. The minimum Gasteiger partial charge on any atom is -0.497 e. The number of benzene rings is 2. The molecule has 1 aliphatic rings. The van der Waals surface area contributed by atoms with Crippen LogP contribution in [0, 0.1) is 0 Å². The van der Waals surface area contributed by atoms with E-state index in [0.29, 0.717) is 29.0 Å². The summed E-state index contributed by atoms with van der Waals surface area (Å²) in [4.78, 5) is 18.5. The smallest absolute Gasteiger partial charge is 0.267 e. The van der Waals surface area contributed by atoms with Crippen molar-refractivity contribution in [3.63, 3.8) is 0 Å². The van der Waals surface area contributed by atoms with Gasteiger partial charge in [-0.3, -0.25) is 4.79 Å². The van der Waals surface area contributed by atoms with E-state index in [4.69, 9.17) is 18.7 Å². The van der Waals surface area contributed by atoms with Gasteiger partial charge in [0.05, 0.1) is 13.7 Å². The number of rotatable bonds is 5. The summed E-state index contributed by atoms with van der Waals surface area (Å²) in [6.07, 6.45) is -0.722. The number of hydrogen-bond acceptors (Lipinski definition) is 7. The van der Waals surface area contributed by atoms with Crippen LogP contribution >= 0.6 is 0 Å². The Kier molecular flexibility index (Phi) is 4.84. The lowest BCUT2D eigenvalue weighted by molar-refractivity contribution is -0.140. The van der Waals surface area contributed by atoms with Crippen molar-refractivity contribution in [2.75, 3.05) is 20.8 Å². The molecule has 1 aromatic heterocycles. The fraction of sp³-hybridized carbons (Fsp3) is 0.250. The number of hydrogen-bond donors (Lipinski definition) is 0. The minimum atomic E-state index is -0.722. The highest BCUT2D eigenvalue weighted by Crippen LogP contribution is 2.31. The van der Waals surface area contributed by atoms with E-state index >= 15 is 0 Å². The van der Waals surface area contributed by atoms with Gasteiger partial charge in [-0.1, -0.05) is 29.4 Å². The number of carbonyl (C=O) groups is 1. The molecule has 2 aromatic carbocycles. The zero-order valence-electron chi connectivity index (χ0n) is 15.5. The first-order valence-corrected chi connectivity index (χ1v) is 8.74. The minimum absolute atomic E-state index is 0.152. The van der Waals surface area contributed by atoms with Gasteiger partial charge in [-0.2, -0.15) is 4.98 Å². The predicted octanol–water partition coefficient (Wildman–Crippen LogP) is 2.54. The summed E-state index contributed by atoms with van der Waals surface area (Å²) in [5.41, 5.74) is 0.768. The average molecular weight is 381 g/mol. The van der Waals surface area contributed by atoms with Gasteiger partial charge in [-0.25, -0.2) is 0 Å². The number of para-hydroxylation sites is 2. The molecule has 0 N–H and O–H groups in total. The first kappa shape index (κ1) is 17.8. The summed E-state index contributed by atoms with van der Waals surface area (Å²) in [5.74, 6) is 2.42. The van der Waals surface area contributed by atoms with E-state index in [9.17, 15) is 4.79 Å². The second kappa shape index (κ2) is 7.59. The molecule has 0 saturated carbocycles. The first-order chi connectivity index (χ1) is 13.6. The number of fused-ring (bicyclic) bond motifs is 1. The molecule has 0 unspecified atom stereocenters. The number of aromatic nitrogens is 2. The molecule has 8 heteroatoms. The third-order valence-electron chi connectivity index (χ3n) is 4.33. The molecule has 1 atom stereocenters. The topological polar surface area (TPSA) is 86.9 Å². The van der Waals surface area contributed by atoms with Crippen LogP contribution in [0.4, 0.5) is 0 Å². The third-order valence-corrected chi connectivity index (χ3v) is 4.33. The molecule has 4 rings (SSSR count). The lowest BCUT2D eigenvalue weighted by Gasteiger charge is -2.28. The van der Waals surface area contributed by atoms with Crippen LogP contribution in [0.2, 0.25) is 0 Å². The normalized spacial score (nSPS) is 15.1. The van der Waals surface area contributed by atoms with Gasteiger partial charge in [-0.05, 0) is 24.3 Å². The molecule has 8 nitrogen and oxygen atoms in total. The van der Waals surface area contributed by atoms with E-state index < -0.39 is 6.10 Å². The Labute approximate surface area is 161 Å². The average Bonchev–Trinajstić information content (AvgIpc) is 3.21. The number of carbonyl (C=O) groups excluding carboxylic acids is 1. The van der Waals surface area contributed by atoms with Crippen molar-refractivity contribution in [3.05, 3.63) is 54.4 Å². The van der Waals surface area contributed by atoms with Gasteiger partial charge >= 0.3 is 0 Å². The molecule has 3 aromatic rings. The van der Waals surface area contributed by atoms with Gasteiger partial charge in [0.15, 0.2) is 11.5 Å². The van der Waals surface area contributed by atoms with Crippen LogP contribution in [0.5, 0.6) is 17.2 Å². The Morgan fingerprint density at radius 1 is 1.21 bits per heavy atom. The van der Waals surface area contributed by atoms with Gasteiger partial charge in [0.1, 0.15) is 12.4 Å². The highest BCUT2D eigenvalue weighted by atomic mass is 16.6. The number of nitrogens with zero attached hydrogens (tertiary/aromatic N) is 3. The highest BCUT2D eigenvalue weighted by Gasteiger charge is 2.30. The number of likely N-dealkylation sites (N-methyl/N-ethyl adjacent to an activating group) is 1. The SMILES string of the molecule is COc1cccc(-c2noc(CN(C)C(=O)[C@@H]3COc4ccccc4O3)n2)c1. The Bertz CT molecular complexity index is 987. The van der Waals surface area contributed by atoms with Gasteiger partial charge in [0, 0.05) is 12.6 Å². The maximum Gasteiger partial charge on any atom is 0.267 e. The zero-order chi connectivity index (χ0) is 19.5. The van der Waals surface area contributed by atoms with Gasteiger partial charge < -0.3 is 23.6 Å². The fourth-order valence-electron chi connectivity index (χ4n) is 2.87. The van der Waals surface area contributed by atoms with Crippen molar-refractivity contribution < 1.29 is 23.5 Å². The van der Waals surface area contributed by atoms with Gasteiger partial charge in [0.2, 0.25) is 17.8 Å². The van der Waals surface area contributed by atoms with E-state index in [-0.39, 0.29) is 19.1 Å². The van der Waals surface area contributed by atoms with E-state index in [1.165, 1.54) is 4.90 Å². The number of amides is 1. The summed E-state index contributed by atoms with van der Waals surface area (Å²) in [6, 6.07) is 14.6. The van der Waals surface area contributed by atoms with E-state index in [0.717, 1.165) is 5.56 Å². The van der Waals surface area contributed by atoms with Crippen LogP contribution in [0.3, 0.4) is 0 Å². The van der Waals surface area contributed by atoms with Gasteiger partial charge in [0.25, 0.3) is 5.91 Å². The van der Waals surface area contributed by atoms with Crippen molar-refractivity contribution in [2.45, 2.75) is 12.6 Å². The van der Waals surface area contributed by atoms with Crippen molar-refractivity contribution in [3.8, 4) is 28.6 Å². The molecule has 0 spiro atoms. The summed E-state index contributed by atoms with van der Waals surface area (Å²) >= 11 is 0. The summed E-state index contributed by atoms with van der Waals surface area (Å²) in [6.45, 7) is 0.316.